The first kappa shape index (κ1) is 21.6. The molecular weight excluding hydrogens is 420 g/mol. The van der Waals surface area contributed by atoms with Crippen LogP contribution in [-0.4, -0.2) is 30.3 Å². The molecule has 0 fully saturated rings. The van der Waals surface area contributed by atoms with Gasteiger partial charge in [-0.1, -0.05) is 42.5 Å². The van der Waals surface area contributed by atoms with Crippen LogP contribution in [0.2, 0.25) is 0 Å². The SMILES string of the molecule is COc1ccc(C(=O)Oc2ccc3ccccc3c2C=NNC(=O)c2ccccc2O)cc1. The van der Waals surface area contributed by atoms with Crippen molar-refractivity contribution in [3.8, 4) is 17.2 Å². The van der Waals surface area contributed by atoms with E-state index >= 15 is 0 Å². The molecule has 0 heterocycles. The number of nitrogens with one attached hydrogen (secondary N) is 1. The Hall–Kier alpha value is -4.65. The molecule has 0 bridgehead atoms. The van der Waals surface area contributed by atoms with E-state index in [0.717, 1.165) is 10.8 Å². The van der Waals surface area contributed by atoms with Crippen molar-refractivity contribution in [3.63, 3.8) is 0 Å². The first-order valence-electron chi connectivity index (χ1n) is 10.1. The summed E-state index contributed by atoms with van der Waals surface area (Å²) in [6.07, 6.45) is 1.41. The van der Waals surface area contributed by atoms with Crippen molar-refractivity contribution in [2.24, 2.45) is 5.10 Å². The third kappa shape index (κ3) is 4.83. The molecule has 0 saturated heterocycles. The quantitative estimate of drug-likeness (QED) is 0.199. The number of ether oxygens (including phenoxy) is 2. The summed E-state index contributed by atoms with van der Waals surface area (Å²) in [4.78, 5) is 25.0. The average Bonchev–Trinajstić information content (AvgIpc) is 2.85. The van der Waals surface area contributed by atoms with Gasteiger partial charge in [-0.05, 0) is 53.2 Å². The Balaban J connectivity index is 1.62. The molecule has 7 heteroatoms. The highest BCUT2D eigenvalue weighted by molar-refractivity contribution is 6.04. The molecule has 0 aliphatic heterocycles. The Morgan fingerprint density at radius 3 is 2.39 bits per heavy atom. The normalized spacial score (nSPS) is 10.8. The monoisotopic (exact) mass is 440 g/mol. The van der Waals surface area contributed by atoms with Crippen LogP contribution in [0.4, 0.5) is 0 Å². The summed E-state index contributed by atoms with van der Waals surface area (Å²) < 4.78 is 10.8. The third-order valence-electron chi connectivity index (χ3n) is 4.97. The fourth-order valence-corrected chi connectivity index (χ4v) is 3.26. The molecule has 2 N–H and O–H groups in total. The first-order valence-corrected chi connectivity index (χ1v) is 10.1. The van der Waals surface area contributed by atoms with Crippen LogP contribution in [0.15, 0.2) is 90.0 Å². The second-order valence-electron chi connectivity index (χ2n) is 7.03. The zero-order valence-electron chi connectivity index (χ0n) is 17.7. The number of fused-ring (bicyclic) bond motifs is 1. The van der Waals surface area contributed by atoms with Crippen molar-refractivity contribution in [3.05, 3.63) is 102 Å². The highest BCUT2D eigenvalue weighted by Crippen LogP contribution is 2.27. The van der Waals surface area contributed by atoms with Gasteiger partial charge in [-0.2, -0.15) is 5.10 Å². The predicted molar refractivity (Wildman–Crippen MR) is 125 cm³/mol. The molecule has 0 aliphatic carbocycles. The van der Waals surface area contributed by atoms with Gasteiger partial charge in [0.05, 0.1) is 24.5 Å². The van der Waals surface area contributed by atoms with Gasteiger partial charge in [-0.15, -0.1) is 0 Å². The summed E-state index contributed by atoms with van der Waals surface area (Å²) >= 11 is 0. The molecule has 33 heavy (non-hydrogen) atoms. The Labute approximate surface area is 189 Å². The number of para-hydroxylation sites is 1. The van der Waals surface area contributed by atoms with E-state index in [1.165, 1.54) is 18.3 Å². The number of hydrogen-bond donors (Lipinski definition) is 2. The Kier molecular flexibility index (Phi) is 6.31. The van der Waals surface area contributed by atoms with Gasteiger partial charge in [0.15, 0.2) is 0 Å². The summed E-state index contributed by atoms with van der Waals surface area (Å²) in [5, 5.41) is 15.6. The maximum absolute atomic E-state index is 12.7. The number of carbonyl (C=O) groups is 2. The molecule has 4 rings (SSSR count). The second-order valence-corrected chi connectivity index (χ2v) is 7.03. The van der Waals surface area contributed by atoms with Crippen LogP contribution in [0.5, 0.6) is 17.2 Å². The van der Waals surface area contributed by atoms with Crippen LogP contribution in [0.1, 0.15) is 26.3 Å². The topological polar surface area (TPSA) is 97.2 Å². The smallest absolute Gasteiger partial charge is 0.343 e. The fourth-order valence-electron chi connectivity index (χ4n) is 3.26. The lowest BCUT2D eigenvalue weighted by Gasteiger charge is -2.11. The molecule has 0 unspecified atom stereocenters. The van der Waals surface area contributed by atoms with Crippen molar-refractivity contribution in [1.29, 1.82) is 0 Å². The van der Waals surface area contributed by atoms with Crippen LogP contribution >= 0.6 is 0 Å². The van der Waals surface area contributed by atoms with Crippen molar-refractivity contribution in [1.82, 2.24) is 5.43 Å². The molecule has 1 amide bonds. The molecule has 4 aromatic rings. The average molecular weight is 440 g/mol. The number of phenolic OH excluding ortho intramolecular Hbond substituents is 1. The van der Waals surface area contributed by atoms with Crippen molar-refractivity contribution in [2.75, 3.05) is 7.11 Å². The number of amides is 1. The van der Waals surface area contributed by atoms with Gasteiger partial charge in [0.25, 0.3) is 5.91 Å². The molecule has 0 atom stereocenters. The number of esters is 1. The first-order chi connectivity index (χ1) is 16.1. The lowest BCUT2D eigenvalue weighted by Crippen LogP contribution is -2.18. The summed E-state index contributed by atoms with van der Waals surface area (Å²) in [6.45, 7) is 0. The van der Waals surface area contributed by atoms with E-state index in [-0.39, 0.29) is 17.1 Å². The maximum Gasteiger partial charge on any atom is 0.343 e. The molecular formula is C26H20N2O5. The van der Waals surface area contributed by atoms with Crippen molar-refractivity contribution in [2.45, 2.75) is 0 Å². The Morgan fingerprint density at radius 2 is 1.64 bits per heavy atom. The summed E-state index contributed by atoms with van der Waals surface area (Å²) in [7, 11) is 1.55. The van der Waals surface area contributed by atoms with Crippen molar-refractivity contribution < 1.29 is 24.2 Å². The second kappa shape index (κ2) is 9.65. The minimum absolute atomic E-state index is 0.0960. The van der Waals surface area contributed by atoms with Crippen LogP contribution < -0.4 is 14.9 Å². The zero-order chi connectivity index (χ0) is 23.2. The number of nitrogens with zero attached hydrogens (tertiary/aromatic N) is 1. The minimum Gasteiger partial charge on any atom is -0.507 e. The Morgan fingerprint density at radius 1 is 0.909 bits per heavy atom. The molecule has 7 nitrogen and oxygen atoms in total. The van der Waals surface area contributed by atoms with E-state index in [9.17, 15) is 14.7 Å². The molecule has 164 valence electrons. The molecule has 0 aromatic heterocycles. The lowest BCUT2D eigenvalue weighted by atomic mass is 10.0. The molecule has 0 aliphatic rings. The lowest BCUT2D eigenvalue weighted by molar-refractivity contribution is 0.0734. The summed E-state index contributed by atoms with van der Waals surface area (Å²) in [5.74, 6) is -0.341. The van der Waals surface area contributed by atoms with Crippen LogP contribution in [0.3, 0.4) is 0 Å². The van der Waals surface area contributed by atoms with Crippen LogP contribution in [0.25, 0.3) is 10.8 Å². The highest BCUT2D eigenvalue weighted by Gasteiger charge is 2.14. The fraction of sp³-hybridized carbons (Fsp3) is 0.0385. The van der Waals surface area contributed by atoms with Crippen LogP contribution in [-0.2, 0) is 0 Å². The third-order valence-corrected chi connectivity index (χ3v) is 4.97. The molecule has 0 spiro atoms. The molecule has 0 radical (unpaired) electrons. The number of hydrazone groups is 1. The number of hydrogen-bond acceptors (Lipinski definition) is 6. The standard InChI is InChI=1S/C26H20N2O5/c1-32-19-13-10-18(11-14-19)26(31)33-24-15-12-17-6-2-3-7-20(17)22(24)16-27-28-25(30)21-8-4-5-9-23(21)29/h2-16,29H,1H3,(H,28,30). The predicted octanol–water partition coefficient (Wildman–Crippen LogP) is 4.54. The van der Waals surface area contributed by atoms with E-state index in [4.69, 9.17) is 9.47 Å². The molecule has 0 saturated carbocycles. The number of aromatic hydroxyl groups is 1. The number of benzene rings is 4. The minimum atomic E-state index is -0.568. The maximum atomic E-state index is 12.7. The van der Waals surface area contributed by atoms with Gasteiger partial charge in [0.1, 0.15) is 17.2 Å². The Bertz CT molecular complexity index is 1350. The van der Waals surface area contributed by atoms with Gasteiger partial charge in [0, 0.05) is 5.56 Å². The van der Waals surface area contributed by atoms with Gasteiger partial charge >= 0.3 is 5.97 Å². The van der Waals surface area contributed by atoms with E-state index < -0.39 is 11.9 Å². The van der Waals surface area contributed by atoms with Gasteiger partial charge < -0.3 is 14.6 Å². The van der Waals surface area contributed by atoms with Crippen molar-refractivity contribution >= 4 is 28.9 Å². The van der Waals surface area contributed by atoms with E-state index in [0.29, 0.717) is 16.9 Å². The summed E-state index contributed by atoms with van der Waals surface area (Å²) in [5.41, 5.74) is 3.37. The van der Waals surface area contributed by atoms with Gasteiger partial charge in [-0.3, -0.25) is 4.79 Å². The number of rotatable bonds is 6. The van der Waals surface area contributed by atoms with Gasteiger partial charge in [0.2, 0.25) is 0 Å². The van der Waals surface area contributed by atoms with Crippen LogP contribution in [0, 0.1) is 0 Å². The number of carbonyl (C=O) groups excluding carboxylic acids is 2. The van der Waals surface area contributed by atoms with E-state index in [2.05, 4.69) is 10.5 Å². The van der Waals surface area contributed by atoms with E-state index in [1.54, 1.807) is 49.6 Å². The number of methoxy groups -OCH3 is 1. The molecule has 4 aromatic carbocycles. The van der Waals surface area contributed by atoms with Gasteiger partial charge in [-0.25, -0.2) is 10.2 Å². The number of phenols is 1. The zero-order valence-corrected chi connectivity index (χ0v) is 17.7. The summed E-state index contributed by atoms with van der Waals surface area (Å²) in [6, 6.07) is 23.8. The van der Waals surface area contributed by atoms with E-state index in [1.807, 2.05) is 30.3 Å². The highest BCUT2D eigenvalue weighted by atomic mass is 16.5. The largest absolute Gasteiger partial charge is 0.507 e.